The summed E-state index contributed by atoms with van der Waals surface area (Å²) in [7, 11) is 0. The van der Waals surface area contributed by atoms with Crippen molar-refractivity contribution >= 4 is 0 Å². The van der Waals surface area contributed by atoms with Crippen LogP contribution in [0.15, 0.2) is 11.6 Å². The molecule has 2 atom stereocenters. The molecular formula is C18H34N2. The average Bonchev–Trinajstić information content (AvgIpc) is 2.47. The van der Waals surface area contributed by atoms with Gasteiger partial charge in [0, 0.05) is 31.2 Å². The Morgan fingerprint density at radius 1 is 1.25 bits per heavy atom. The molecule has 0 radical (unpaired) electrons. The molecule has 2 nitrogen and oxygen atoms in total. The van der Waals surface area contributed by atoms with E-state index in [2.05, 4.69) is 44.0 Å². The van der Waals surface area contributed by atoms with Gasteiger partial charge in [-0.2, -0.15) is 0 Å². The van der Waals surface area contributed by atoms with Crippen LogP contribution in [0.5, 0.6) is 0 Å². The van der Waals surface area contributed by atoms with Crippen molar-refractivity contribution in [2.45, 2.75) is 77.8 Å². The van der Waals surface area contributed by atoms with E-state index in [0.29, 0.717) is 5.54 Å². The first-order chi connectivity index (χ1) is 9.55. The summed E-state index contributed by atoms with van der Waals surface area (Å²) in [5.41, 5.74) is 1.77. The molecule has 2 unspecified atom stereocenters. The van der Waals surface area contributed by atoms with Gasteiger partial charge >= 0.3 is 0 Å². The summed E-state index contributed by atoms with van der Waals surface area (Å²) in [4.78, 5) is 2.73. The highest BCUT2D eigenvalue weighted by molar-refractivity contribution is 5.02. The van der Waals surface area contributed by atoms with Gasteiger partial charge in [0.15, 0.2) is 0 Å². The first-order valence-electron chi connectivity index (χ1n) is 8.67. The zero-order chi connectivity index (χ0) is 14.6. The predicted octanol–water partition coefficient (Wildman–Crippen LogP) is 3.98. The summed E-state index contributed by atoms with van der Waals surface area (Å²) in [5.74, 6) is 0.916. The highest BCUT2D eigenvalue weighted by atomic mass is 15.3. The van der Waals surface area contributed by atoms with E-state index in [9.17, 15) is 0 Å². The first kappa shape index (κ1) is 16.0. The largest absolute Gasteiger partial charge is 0.311 e. The number of hydrogen-bond donors (Lipinski definition) is 1. The Morgan fingerprint density at radius 2 is 1.95 bits per heavy atom. The normalized spacial score (nSPS) is 33.1. The maximum Gasteiger partial charge on any atom is 0.0307 e. The van der Waals surface area contributed by atoms with Gasteiger partial charge in [0.25, 0.3) is 0 Å². The Labute approximate surface area is 126 Å². The van der Waals surface area contributed by atoms with Crippen LogP contribution in [0.3, 0.4) is 0 Å². The average molecular weight is 278 g/mol. The van der Waals surface area contributed by atoms with Gasteiger partial charge in [0.2, 0.25) is 0 Å². The molecular weight excluding hydrogens is 244 g/mol. The molecule has 1 heterocycles. The second kappa shape index (κ2) is 7.09. The predicted molar refractivity (Wildman–Crippen MR) is 88.1 cm³/mol. The lowest BCUT2D eigenvalue weighted by Gasteiger charge is -2.50. The highest BCUT2D eigenvalue weighted by Gasteiger charge is 2.38. The lowest BCUT2D eigenvalue weighted by molar-refractivity contribution is 0.0393. The zero-order valence-electron chi connectivity index (χ0n) is 14.0. The van der Waals surface area contributed by atoms with Crippen LogP contribution in [0.25, 0.3) is 0 Å². The minimum atomic E-state index is 0.330. The highest BCUT2D eigenvalue weighted by Crippen LogP contribution is 2.31. The van der Waals surface area contributed by atoms with Gasteiger partial charge in [-0.1, -0.05) is 37.8 Å². The van der Waals surface area contributed by atoms with Crippen LogP contribution in [0.2, 0.25) is 0 Å². The van der Waals surface area contributed by atoms with Crippen LogP contribution in [0.4, 0.5) is 0 Å². The van der Waals surface area contributed by atoms with Crippen LogP contribution in [0.1, 0.15) is 66.2 Å². The lowest BCUT2D eigenvalue weighted by Crippen LogP contribution is -2.64. The summed E-state index contributed by atoms with van der Waals surface area (Å²) in [6.07, 6.45) is 10.9. The number of rotatable bonds is 4. The Kier molecular flexibility index (Phi) is 5.68. The fourth-order valence-electron chi connectivity index (χ4n) is 3.77. The number of nitrogens with one attached hydrogen (secondary N) is 1. The summed E-state index contributed by atoms with van der Waals surface area (Å²) >= 11 is 0. The second-order valence-corrected chi connectivity index (χ2v) is 7.42. The summed E-state index contributed by atoms with van der Waals surface area (Å²) in [6.45, 7) is 12.7. The molecule has 2 heteroatoms. The Balaban J connectivity index is 2.01. The van der Waals surface area contributed by atoms with Crippen molar-refractivity contribution in [1.82, 2.24) is 10.2 Å². The van der Waals surface area contributed by atoms with E-state index in [1.165, 1.54) is 50.6 Å². The van der Waals surface area contributed by atoms with Crippen molar-refractivity contribution in [3.63, 3.8) is 0 Å². The maximum atomic E-state index is 3.89. The smallest absolute Gasteiger partial charge is 0.0307 e. The topological polar surface area (TPSA) is 15.3 Å². The van der Waals surface area contributed by atoms with Crippen molar-refractivity contribution in [2.75, 3.05) is 19.6 Å². The Hall–Kier alpha value is -0.340. The molecule has 0 aromatic heterocycles. The van der Waals surface area contributed by atoms with Gasteiger partial charge in [0.1, 0.15) is 0 Å². The van der Waals surface area contributed by atoms with Gasteiger partial charge in [0.05, 0.1) is 0 Å². The maximum absolute atomic E-state index is 3.89. The molecule has 20 heavy (non-hydrogen) atoms. The minimum absolute atomic E-state index is 0.330. The monoisotopic (exact) mass is 278 g/mol. The fraction of sp³-hybridized carbons (Fsp3) is 0.889. The second-order valence-electron chi connectivity index (χ2n) is 7.42. The summed E-state index contributed by atoms with van der Waals surface area (Å²) < 4.78 is 0. The molecule has 2 rings (SSSR count). The lowest BCUT2D eigenvalue weighted by atomic mass is 9.81. The molecule has 0 bridgehead atoms. The molecule has 1 saturated carbocycles. The molecule has 1 aliphatic carbocycles. The number of hydrogen-bond acceptors (Lipinski definition) is 2. The van der Waals surface area contributed by atoms with Gasteiger partial charge < -0.3 is 5.32 Å². The van der Waals surface area contributed by atoms with Gasteiger partial charge in [-0.25, -0.2) is 0 Å². The molecule has 1 saturated heterocycles. The third kappa shape index (κ3) is 3.85. The fourth-order valence-corrected chi connectivity index (χ4v) is 3.77. The minimum Gasteiger partial charge on any atom is -0.311 e. The molecule has 1 aliphatic heterocycles. The van der Waals surface area contributed by atoms with E-state index in [1.807, 2.05) is 0 Å². The van der Waals surface area contributed by atoms with Crippen molar-refractivity contribution in [3.05, 3.63) is 11.6 Å². The van der Waals surface area contributed by atoms with Crippen LogP contribution in [0, 0.1) is 5.92 Å². The number of piperazine rings is 1. The Bertz CT molecular complexity index is 326. The van der Waals surface area contributed by atoms with Crippen LogP contribution < -0.4 is 5.32 Å². The van der Waals surface area contributed by atoms with Crippen LogP contribution in [-0.4, -0.2) is 36.1 Å². The van der Waals surface area contributed by atoms with Crippen molar-refractivity contribution in [2.24, 2.45) is 5.92 Å². The Morgan fingerprint density at radius 3 is 2.55 bits per heavy atom. The molecule has 1 N–H and O–H groups in total. The van der Waals surface area contributed by atoms with Gasteiger partial charge in [-0.15, -0.1) is 0 Å². The van der Waals surface area contributed by atoms with Crippen LogP contribution >= 0.6 is 0 Å². The van der Waals surface area contributed by atoms with Crippen LogP contribution in [-0.2, 0) is 0 Å². The molecule has 2 fully saturated rings. The first-order valence-corrected chi connectivity index (χ1v) is 8.67. The van der Waals surface area contributed by atoms with Gasteiger partial charge in [-0.05, 0) is 46.0 Å². The van der Waals surface area contributed by atoms with E-state index < -0.39 is 0 Å². The summed E-state index contributed by atoms with van der Waals surface area (Å²) in [6, 6.07) is 0.723. The van der Waals surface area contributed by atoms with E-state index >= 15 is 0 Å². The quantitative estimate of drug-likeness (QED) is 0.783. The van der Waals surface area contributed by atoms with Gasteiger partial charge in [-0.3, -0.25) is 4.90 Å². The van der Waals surface area contributed by atoms with Crippen molar-refractivity contribution in [3.8, 4) is 0 Å². The molecule has 0 aromatic rings. The summed E-state index contributed by atoms with van der Waals surface area (Å²) in [5, 5.41) is 3.89. The van der Waals surface area contributed by atoms with E-state index in [0.717, 1.165) is 25.0 Å². The van der Waals surface area contributed by atoms with Crippen molar-refractivity contribution < 1.29 is 0 Å². The number of allylic oxidation sites excluding steroid dienone is 1. The standard InChI is InChI=1S/C18H34N2/c1-5-18(4)14-19-17(16-9-7-6-8-10-16)13-20(18)12-11-15(2)3/h11,16-17,19H,5-10,12-14H2,1-4H3. The third-order valence-corrected chi connectivity index (χ3v) is 5.63. The number of nitrogens with zero attached hydrogens (tertiary/aromatic N) is 1. The molecule has 2 aliphatic rings. The molecule has 0 aromatic carbocycles. The SMILES string of the molecule is CCC1(C)CNC(C2CCCCC2)CN1CC=C(C)C. The zero-order valence-corrected chi connectivity index (χ0v) is 14.0. The van der Waals surface area contributed by atoms with E-state index in [4.69, 9.17) is 0 Å². The molecule has 0 spiro atoms. The molecule has 116 valence electrons. The van der Waals surface area contributed by atoms with Crippen molar-refractivity contribution in [1.29, 1.82) is 0 Å². The van der Waals surface area contributed by atoms with E-state index in [-0.39, 0.29) is 0 Å². The van der Waals surface area contributed by atoms with E-state index in [1.54, 1.807) is 0 Å². The molecule has 0 amide bonds. The third-order valence-electron chi connectivity index (χ3n) is 5.63.